The molecule has 5 heteroatoms. The lowest BCUT2D eigenvalue weighted by atomic mass is 10.2. The van der Waals surface area contributed by atoms with Crippen LogP contribution in [0.25, 0.3) is 10.9 Å². The van der Waals surface area contributed by atoms with Crippen molar-refractivity contribution in [3.05, 3.63) is 54.1 Å². The number of hydrogen-bond acceptors (Lipinski definition) is 3. The average molecular weight is 283 g/mol. The van der Waals surface area contributed by atoms with E-state index in [0.29, 0.717) is 11.3 Å². The van der Waals surface area contributed by atoms with Crippen molar-refractivity contribution in [3.8, 4) is 0 Å². The second kappa shape index (κ2) is 4.94. The van der Waals surface area contributed by atoms with Gasteiger partial charge < -0.3 is 16.5 Å². The Hall–Kier alpha value is -2.40. The molecule has 1 aromatic heterocycles. The molecule has 3 aromatic rings. The summed E-state index contributed by atoms with van der Waals surface area (Å²) in [5.41, 5.74) is 12.9. The predicted octanol–water partition coefficient (Wildman–Crippen LogP) is 3.00. The molecule has 0 aliphatic carbocycles. The number of aromatic amines is 1. The van der Waals surface area contributed by atoms with Gasteiger partial charge in [-0.25, -0.2) is 0 Å². The molecule has 1 heterocycles. The fourth-order valence-corrected chi connectivity index (χ4v) is 2.95. The summed E-state index contributed by atoms with van der Waals surface area (Å²) in [7, 11) is 0. The van der Waals surface area contributed by atoms with Crippen molar-refractivity contribution in [1.82, 2.24) is 4.98 Å². The lowest BCUT2D eigenvalue weighted by Gasteiger charge is -2.04. The highest BCUT2D eigenvalue weighted by atomic mass is 32.2. The second-order valence-corrected chi connectivity index (χ2v) is 5.55. The fraction of sp³-hybridized carbons (Fsp3) is 0. The van der Waals surface area contributed by atoms with E-state index in [1.54, 1.807) is 12.1 Å². The summed E-state index contributed by atoms with van der Waals surface area (Å²) in [6.07, 6.45) is 0. The summed E-state index contributed by atoms with van der Waals surface area (Å²) in [5.74, 6) is -0.512. The van der Waals surface area contributed by atoms with Gasteiger partial charge in [-0.3, -0.25) is 4.79 Å². The number of benzene rings is 2. The number of amides is 1. The molecule has 0 aliphatic heterocycles. The Morgan fingerprint density at radius 2 is 1.90 bits per heavy atom. The molecular weight excluding hydrogens is 270 g/mol. The minimum Gasteiger partial charge on any atom is -0.398 e. The monoisotopic (exact) mass is 283 g/mol. The molecule has 2 aromatic carbocycles. The summed E-state index contributed by atoms with van der Waals surface area (Å²) in [5, 5.41) is 2.16. The number of H-pyrrole nitrogens is 1. The van der Waals surface area contributed by atoms with Crippen LogP contribution in [0.2, 0.25) is 0 Å². The maximum atomic E-state index is 11.3. The van der Waals surface area contributed by atoms with Crippen LogP contribution in [0.5, 0.6) is 0 Å². The lowest BCUT2D eigenvalue weighted by Crippen LogP contribution is -2.13. The van der Waals surface area contributed by atoms with E-state index in [4.69, 9.17) is 11.5 Å². The Bertz CT molecular complexity index is 762. The van der Waals surface area contributed by atoms with Crippen LogP contribution in [0.1, 0.15) is 10.4 Å². The first-order chi connectivity index (χ1) is 9.63. The molecule has 3 rings (SSSR count). The van der Waals surface area contributed by atoms with Gasteiger partial charge in [-0.2, -0.15) is 0 Å². The molecule has 5 N–H and O–H groups in total. The number of carbonyl (C=O) groups excluding carboxylic acids is 1. The van der Waals surface area contributed by atoms with E-state index in [0.717, 1.165) is 20.8 Å². The lowest BCUT2D eigenvalue weighted by molar-refractivity contribution is 0.100. The molecule has 0 bridgehead atoms. The number of para-hydroxylation sites is 1. The molecule has 0 fully saturated rings. The van der Waals surface area contributed by atoms with Crippen LogP contribution < -0.4 is 11.5 Å². The van der Waals surface area contributed by atoms with Gasteiger partial charge in [0, 0.05) is 21.5 Å². The van der Waals surface area contributed by atoms with Crippen molar-refractivity contribution in [2.24, 2.45) is 5.73 Å². The molecule has 0 aliphatic rings. The topological polar surface area (TPSA) is 84.9 Å². The van der Waals surface area contributed by atoms with Crippen LogP contribution in [0, 0.1) is 0 Å². The smallest absolute Gasteiger partial charge is 0.250 e. The minimum absolute atomic E-state index is 0.353. The summed E-state index contributed by atoms with van der Waals surface area (Å²) >= 11 is 1.53. The fourth-order valence-electron chi connectivity index (χ4n) is 2.04. The van der Waals surface area contributed by atoms with Crippen LogP contribution in [-0.2, 0) is 0 Å². The van der Waals surface area contributed by atoms with Crippen molar-refractivity contribution in [1.29, 1.82) is 0 Å². The van der Waals surface area contributed by atoms with E-state index >= 15 is 0 Å². The molecule has 0 saturated heterocycles. The molecular formula is C15H13N3OS. The van der Waals surface area contributed by atoms with Gasteiger partial charge in [-0.15, -0.1) is 0 Å². The molecule has 4 nitrogen and oxygen atoms in total. The van der Waals surface area contributed by atoms with Gasteiger partial charge in [-0.1, -0.05) is 30.0 Å². The minimum atomic E-state index is -0.512. The van der Waals surface area contributed by atoms with Crippen LogP contribution in [-0.4, -0.2) is 10.9 Å². The summed E-state index contributed by atoms with van der Waals surface area (Å²) in [6.45, 7) is 0. The first kappa shape index (κ1) is 12.6. The van der Waals surface area contributed by atoms with Gasteiger partial charge in [0.2, 0.25) is 0 Å². The number of carbonyl (C=O) groups is 1. The van der Waals surface area contributed by atoms with Crippen molar-refractivity contribution in [2.75, 3.05) is 5.73 Å². The third kappa shape index (κ3) is 2.35. The largest absolute Gasteiger partial charge is 0.398 e. The average Bonchev–Trinajstić information content (AvgIpc) is 2.82. The maximum absolute atomic E-state index is 11.3. The first-order valence-corrected chi connectivity index (χ1v) is 6.90. The number of nitrogen functional groups attached to an aromatic ring is 1. The van der Waals surface area contributed by atoms with Crippen LogP contribution in [0.15, 0.2) is 58.5 Å². The number of fused-ring (bicyclic) bond motifs is 1. The van der Waals surface area contributed by atoms with Crippen molar-refractivity contribution < 1.29 is 4.79 Å². The van der Waals surface area contributed by atoms with Crippen LogP contribution in [0.3, 0.4) is 0 Å². The third-order valence-corrected chi connectivity index (χ3v) is 3.95. The van der Waals surface area contributed by atoms with Crippen LogP contribution >= 0.6 is 11.8 Å². The summed E-state index contributed by atoms with van der Waals surface area (Å²) in [6, 6.07) is 15.4. The number of hydrogen-bond donors (Lipinski definition) is 3. The SMILES string of the molecule is NC(=O)c1cc(Sc2cc3ccccc3[nH]2)ccc1N. The number of aromatic nitrogens is 1. The predicted molar refractivity (Wildman–Crippen MR) is 81.8 cm³/mol. The van der Waals surface area contributed by atoms with E-state index in [2.05, 4.69) is 11.1 Å². The van der Waals surface area contributed by atoms with Gasteiger partial charge in [0.05, 0.1) is 10.6 Å². The molecule has 0 radical (unpaired) electrons. The Balaban J connectivity index is 1.94. The normalized spacial score (nSPS) is 10.8. The zero-order valence-corrected chi connectivity index (χ0v) is 11.4. The Morgan fingerprint density at radius 3 is 2.65 bits per heavy atom. The number of primary amides is 1. The third-order valence-electron chi connectivity index (χ3n) is 3.02. The molecule has 0 saturated carbocycles. The van der Waals surface area contributed by atoms with E-state index in [1.165, 1.54) is 11.8 Å². The Morgan fingerprint density at radius 1 is 1.10 bits per heavy atom. The van der Waals surface area contributed by atoms with Gasteiger partial charge in [-0.05, 0) is 30.3 Å². The summed E-state index contributed by atoms with van der Waals surface area (Å²) < 4.78 is 0. The highest BCUT2D eigenvalue weighted by Gasteiger charge is 2.08. The number of rotatable bonds is 3. The zero-order valence-electron chi connectivity index (χ0n) is 10.6. The van der Waals surface area contributed by atoms with E-state index < -0.39 is 5.91 Å². The van der Waals surface area contributed by atoms with Crippen molar-refractivity contribution >= 4 is 34.3 Å². The highest BCUT2D eigenvalue weighted by molar-refractivity contribution is 7.99. The van der Waals surface area contributed by atoms with Crippen molar-refractivity contribution in [3.63, 3.8) is 0 Å². The Labute approximate surface area is 120 Å². The number of anilines is 1. The molecule has 20 heavy (non-hydrogen) atoms. The molecule has 0 unspecified atom stereocenters. The van der Waals surface area contributed by atoms with E-state index in [-0.39, 0.29) is 0 Å². The van der Waals surface area contributed by atoms with Crippen molar-refractivity contribution in [2.45, 2.75) is 9.92 Å². The van der Waals surface area contributed by atoms with Gasteiger partial charge >= 0.3 is 0 Å². The maximum Gasteiger partial charge on any atom is 0.250 e. The number of nitrogens with two attached hydrogens (primary N) is 2. The molecule has 0 atom stereocenters. The van der Waals surface area contributed by atoms with E-state index in [1.807, 2.05) is 30.3 Å². The van der Waals surface area contributed by atoms with E-state index in [9.17, 15) is 4.79 Å². The first-order valence-electron chi connectivity index (χ1n) is 6.08. The zero-order chi connectivity index (χ0) is 14.1. The highest BCUT2D eigenvalue weighted by Crippen LogP contribution is 2.31. The van der Waals surface area contributed by atoms with Crippen LogP contribution in [0.4, 0.5) is 5.69 Å². The standard InChI is InChI=1S/C15H13N3OS/c16-12-6-5-10(8-11(12)15(17)19)20-14-7-9-3-1-2-4-13(9)18-14/h1-8,18H,16H2,(H2,17,19). The van der Waals surface area contributed by atoms with Gasteiger partial charge in [0.1, 0.15) is 0 Å². The quantitative estimate of drug-likeness (QED) is 0.646. The van der Waals surface area contributed by atoms with Gasteiger partial charge in [0.15, 0.2) is 0 Å². The second-order valence-electron chi connectivity index (χ2n) is 4.44. The molecule has 1 amide bonds. The van der Waals surface area contributed by atoms with Gasteiger partial charge in [0.25, 0.3) is 5.91 Å². The molecule has 100 valence electrons. The molecule has 0 spiro atoms. The summed E-state index contributed by atoms with van der Waals surface area (Å²) in [4.78, 5) is 15.5. The number of nitrogens with one attached hydrogen (secondary N) is 1. The Kier molecular flexibility index (Phi) is 3.12.